The number of carbonyl (C=O) groups is 1. The number of benzene rings is 2. The van der Waals surface area contributed by atoms with Gasteiger partial charge in [-0.1, -0.05) is 18.2 Å². The molecule has 0 aliphatic carbocycles. The van der Waals surface area contributed by atoms with Crippen LogP contribution in [-0.2, 0) is 22.2 Å². The van der Waals surface area contributed by atoms with E-state index in [-0.39, 0.29) is 57.1 Å². The first-order valence-electron chi connectivity index (χ1n) is 15.6. The summed E-state index contributed by atoms with van der Waals surface area (Å²) in [7, 11) is 1.54. The highest BCUT2D eigenvalue weighted by atomic mass is 19.4. The molecule has 2 aromatic carbocycles. The van der Waals surface area contributed by atoms with Gasteiger partial charge in [0.15, 0.2) is 12.6 Å². The van der Waals surface area contributed by atoms with Crippen molar-refractivity contribution < 1.29 is 32.2 Å². The molecule has 2 aliphatic rings. The van der Waals surface area contributed by atoms with Gasteiger partial charge in [0.2, 0.25) is 0 Å². The zero-order chi connectivity index (χ0) is 33.8. The van der Waals surface area contributed by atoms with E-state index in [1.54, 1.807) is 31.7 Å². The summed E-state index contributed by atoms with van der Waals surface area (Å²) < 4.78 is 59.6. The second-order valence-corrected chi connectivity index (χ2v) is 12.6. The fraction of sp³-hybridized carbons (Fsp3) is 0.485. The molecule has 3 heterocycles. The lowest BCUT2D eigenvalue weighted by Crippen LogP contribution is -2.50. The Morgan fingerprint density at radius 2 is 1.77 bits per heavy atom. The van der Waals surface area contributed by atoms with E-state index >= 15 is 0 Å². The Balaban J connectivity index is 1.36. The van der Waals surface area contributed by atoms with E-state index in [0.717, 1.165) is 5.56 Å². The SMILES string of the molecule is COCOc1ccccc1-c1cc(C2CNCCN2Cc2ccc(N3CCN(C(=O)OC(C)(C)C)CC3)c(C(F)(F)F)c2)c(N)nn1. The summed E-state index contributed by atoms with van der Waals surface area (Å²) in [6.45, 7) is 8.52. The molecule has 1 atom stereocenters. The molecular formula is C33H42F3N7O4. The molecule has 254 valence electrons. The van der Waals surface area contributed by atoms with E-state index in [1.165, 1.54) is 24.1 Å². The smallest absolute Gasteiger partial charge is 0.418 e. The summed E-state index contributed by atoms with van der Waals surface area (Å²) in [5.41, 5.74) is 7.62. The molecule has 0 bridgehead atoms. The molecule has 47 heavy (non-hydrogen) atoms. The lowest BCUT2D eigenvalue weighted by molar-refractivity contribution is -0.137. The number of alkyl halides is 3. The number of ether oxygens (including phenoxy) is 3. The Morgan fingerprint density at radius 3 is 2.47 bits per heavy atom. The molecule has 1 amide bonds. The van der Waals surface area contributed by atoms with Gasteiger partial charge in [0.1, 0.15) is 11.4 Å². The Hall–Kier alpha value is -4.14. The number of hydrogen-bond donors (Lipinski definition) is 2. The van der Waals surface area contributed by atoms with E-state index in [2.05, 4.69) is 20.4 Å². The summed E-state index contributed by atoms with van der Waals surface area (Å²) in [6, 6.07) is 13.5. The average Bonchev–Trinajstić information content (AvgIpc) is 3.03. The number of nitrogens with two attached hydrogens (primary N) is 1. The van der Waals surface area contributed by atoms with Gasteiger partial charge in [-0.2, -0.15) is 13.2 Å². The minimum atomic E-state index is -4.57. The summed E-state index contributed by atoms with van der Waals surface area (Å²) in [6.07, 6.45) is -5.03. The van der Waals surface area contributed by atoms with E-state index in [4.69, 9.17) is 19.9 Å². The first-order chi connectivity index (χ1) is 22.3. The fourth-order valence-corrected chi connectivity index (χ4v) is 5.86. The van der Waals surface area contributed by atoms with Gasteiger partial charge in [0.05, 0.1) is 17.3 Å². The highest BCUT2D eigenvalue weighted by molar-refractivity contribution is 5.69. The number of nitrogen functional groups attached to an aromatic ring is 1. The summed E-state index contributed by atoms with van der Waals surface area (Å²) in [4.78, 5) is 17.8. The molecule has 14 heteroatoms. The topological polar surface area (TPSA) is 118 Å². The normalized spacial score (nSPS) is 17.9. The highest BCUT2D eigenvalue weighted by Gasteiger charge is 2.37. The molecule has 3 aromatic rings. The summed E-state index contributed by atoms with van der Waals surface area (Å²) in [5, 5.41) is 11.9. The number of amides is 1. The van der Waals surface area contributed by atoms with Crippen LogP contribution < -0.4 is 20.7 Å². The van der Waals surface area contributed by atoms with Crippen molar-refractivity contribution >= 4 is 17.6 Å². The fourth-order valence-electron chi connectivity index (χ4n) is 5.86. The monoisotopic (exact) mass is 657 g/mol. The van der Waals surface area contributed by atoms with Crippen molar-refractivity contribution in [2.24, 2.45) is 0 Å². The predicted octanol–water partition coefficient (Wildman–Crippen LogP) is 4.93. The van der Waals surface area contributed by atoms with Crippen LogP contribution in [0.3, 0.4) is 0 Å². The molecule has 11 nitrogen and oxygen atoms in total. The zero-order valence-electron chi connectivity index (χ0n) is 27.1. The van der Waals surface area contributed by atoms with Gasteiger partial charge < -0.3 is 35.1 Å². The molecule has 3 N–H and O–H groups in total. The summed E-state index contributed by atoms with van der Waals surface area (Å²) >= 11 is 0. The maximum atomic E-state index is 14.5. The number of carbonyl (C=O) groups excluding carboxylic acids is 1. The molecule has 1 aromatic heterocycles. The number of para-hydroxylation sites is 1. The van der Waals surface area contributed by atoms with Crippen molar-refractivity contribution in [1.29, 1.82) is 0 Å². The largest absolute Gasteiger partial charge is 0.467 e. The van der Waals surface area contributed by atoms with Crippen LogP contribution in [0.5, 0.6) is 5.75 Å². The molecule has 2 aliphatic heterocycles. The molecule has 0 spiro atoms. The Labute approximate surface area is 272 Å². The third kappa shape index (κ3) is 8.42. The molecule has 5 rings (SSSR count). The average molecular weight is 658 g/mol. The molecule has 0 radical (unpaired) electrons. The second-order valence-electron chi connectivity index (χ2n) is 12.6. The minimum Gasteiger partial charge on any atom is -0.467 e. The molecule has 1 unspecified atom stereocenters. The molecule has 0 saturated carbocycles. The van der Waals surface area contributed by atoms with Gasteiger partial charge in [-0.05, 0) is 56.7 Å². The molecule has 2 saturated heterocycles. The van der Waals surface area contributed by atoms with Gasteiger partial charge in [-0.25, -0.2) is 4.79 Å². The lowest BCUT2D eigenvalue weighted by Gasteiger charge is -2.38. The summed E-state index contributed by atoms with van der Waals surface area (Å²) in [5.74, 6) is 0.823. The maximum absolute atomic E-state index is 14.5. The van der Waals surface area contributed by atoms with E-state index < -0.39 is 23.4 Å². The van der Waals surface area contributed by atoms with Gasteiger partial charge >= 0.3 is 12.3 Å². The number of methoxy groups -OCH3 is 1. The van der Waals surface area contributed by atoms with Crippen molar-refractivity contribution in [3.8, 4) is 17.0 Å². The standard InChI is InChI=1S/C33H42F3N7O4/c1-32(2,3)47-31(44)42-15-13-41(14-16-42)27-10-9-22(17-25(27)33(34,35)36)20-43-12-11-38-19-28(43)24-18-26(39-40-30(24)37)23-7-5-6-8-29(23)46-21-45-4/h5-10,17-18,28,38H,11-16,19-21H2,1-4H3,(H2,37,40). The van der Waals surface area contributed by atoms with E-state index in [9.17, 15) is 18.0 Å². The van der Waals surface area contributed by atoms with Gasteiger partial charge in [-0.3, -0.25) is 4.90 Å². The zero-order valence-corrected chi connectivity index (χ0v) is 27.1. The van der Waals surface area contributed by atoms with Crippen LogP contribution in [-0.4, -0.2) is 91.4 Å². The van der Waals surface area contributed by atoms with Crippen molar-refractivity contribution in [2.45, 2.75) is 45.1 Å². The van der Waals surface area contributed by atoms with Gasteiger partial charge in [-0.15, -0.1) is 10.2 Å². The van der Waals surface area contributed by atoms with E-state index in [1.807, 2.05) is 30.3 Å². The number of anilines is 2. The molecule has 2 fully saturated rings. The number of nitrogens with one attached hydrogen (secondary N) is 1. The minimum absolute atomic E-state index is 0.0631. The predicted molar refractivity (Wildman–Crippen MR) is 172 cm³/mol. The van der Waals surface area contributed by atoms with Gasteiger partial charge in [0, 0.05) is 76.3 Å². The van der Waals surface area contributed by atoms with Crippen LogP contribution in [0.4, 0.5) is 29.5 Å². The van der Waals surface area contributed by atoms with E-state index in [0.29, 0.717) is 42.2 Å². The van der Waals surface area contributed by atoms with Crippen molar-refractivity contribution in [3.63, 3.8) is 0 Å². The number of piperazine rings is 2. The third-order valence-corrected chi connectivity index (χ3v) is 8.09. The van der Waals surface area contributed by atoms with Crippen LogP contribution in [0.15, 0.2) is 48.5 Å². The Bertz CT molecular complexity index is 1540. The van der Waals surface area contributed by atoms with Crippen LogP contribution in [0.2, 0.25) is 0 Å². The van der Waals surface area contributed by atoms with Crippen molar-refractivity contribution in [2.75, 3.05) is 70.3 Å². The third-order valence-electron chi connectivity index (χ3n) is 8.09. The maximum Gasteiger partial charge on any atom is 0.418 e. The quantitative estimate of drug-likeness (QED) is 0.323. The van der Waals surface area contributed by atoms with Crippen LogP contribution in [0.1, 0.15) is 43.5 Å². The van der Waals surface area contributed by atoms with Gasteiger partial charge in [0.25, 0.3) is 0 Å². The highest BCUT2D eigenvalue weighted by Crippen LogP contribution is 2.39. The van der Waals surface area contributed by atoms with Crippen molar-refractivity contribution in [1.82, 2.24) is 25.3 Å². The first kappa shape index (κ1) is 34.2. The Kier molecular flexibility index (Phi) is 10.4. The number of halogens is 3. The number of nitrogens with zero attached hydrogens (tertiary/aromatic N) is 5. The molecular weight excluding hydrogens is 615 g/mol. The number of hydrogen-bond acceptors (Lipinski definition) is 10. The van der Waals surface area contributed by atoms with Crippen LogP contribution in [0, 0.1) is 0 Å². The van der Waals surface area contributed by atoms with Crippen LogP contribution >= 0.6 is 0 Å². The number of aromatic nitrogens is 2. The van der Waals surface area contributed by atoms with Crippen molar-refractivity contribution in [3.05, 3.63) is 65.2 Å². The Morgan fingerprint density at radius 1 is 1.02 bits per heavy atom. The lowest BCUT2D eigenvalue weighted by atomic mass is 9.99. The first-order valence-corrected chi connectivity index (χ1v) is 15.6. The van der Waals surface area contributed by atoms with Crippen LogP contribution in [0.25, 0.3) is 11.3 Å². The second kappa shape index (κ2) is 14.3. The number of rotatable bonds is 8.